The van der Waals surface area contributed by atoms with Crippen LogP contribution in [0.25, 0.3) is 0 Å². The normalized spacial score (nSPS) is 12.8. The number of aryl methyl sites for hydroxylation is 2. The Hall–Kier alpha value is -1.20. The van der Waals surface area contributed by atoms with Gasteiger partial charge in [-0.2, -0.15) is 0 Å². The number of imidazole rings is 1. The van der Waals surface area contributed by atoms with E-state index in [0.717, 1.165) is 35.9 Å². The van der Waals surface area contributed by atoms with Gasteiger partial charge in [-0.25, -0.2) is 9.97 Å². The Kier molecular flexibility index (Phi) is 4.49. The minimum Gasteiger partial charge on any atom is -0.335 e. The van der Waals surface area contributed by atoms with Crippen molar-refractivity contribution in [3.8, 4) is 0 Å². The molecule has 0 aliphatic rings. The van der Waals surface area contributed by atoms with Crippen LogP contribution in [0.15, 0.2) is 17.8 Å². The summed E-state index contributed by atoms with van der Waals surface area (Å²) in [6, 6.07) is 0.243. The number of likely N-dealkylation sites (N-methyl/N-ethyl adjacent to an activating group) is 1. The molecule has 98 valence electrons. The molecule has 0 bridgehead atoms. The SMILES string of the molecule is CCCn1ccnc1CC(NC)c1csc(C)n1. The highest BCUT2D eigenvalue weighted by molar-refractivity contribution is 7.09. The molecule has 0 aliphatic heterocycles. The molecule has 0 aromatic carbocycles. The average molecular weight is 264 g/mol. The van der Waals surface area contributed by atoms with E-state index in [-0.39, 0.29) is 6.04 Å². The summed E-state index contributed by atoms with van der Waals surface area (Å²) in [6.07, 6.45) is 5.94. The van der Waals surface area contributed by atoms with Crippen molar-refractivity contribution in [1.82, 2.24) is 19.9 Å². The lowest BCUT2D eigenvalue weighted by Gasteiger charge is -2.14. The molecule has 4 nitrogen and oxygen atoms in total. The fourth-order valence-electron chi connectivity index (χ4n) is 2.05. The first-order valence-electron chi connectivity index (χ1n) is 6.34. The maximum Gasteiger partial charge on any atom is 0.110 e. The maximum atomic E-state index is 4.56. The molecule has 1 N–H and O–H groups in total. The first-order valence-corrected chi connectivity index (χ1v) is 7.21. The van der Waals surface area contributed by atoms with Crippen LogP contribution in [0.2, 0.25) is 0 Å². The summed E-state index contributed by atoms with van der Waals surface area (Å²) in [5.74, 6) is 1.13. The van der Waals surface area contributed by atoms with E-state index in [2.05, 4.69) is 38.4 Å². The molecule has 2 aromatic heterocycles. The van der Waals surface area contributed by atoms with Gasteiger partial charge in [-0.05, 0) is 20.4 Å². The first-order chi connectivity index (χ1) is 8.74. The summed E-state index contributed by atoms with van der Waals surface area (Å²) in [5, 5.41) is 6.57. The highest BCUT2D eigenvalue weighted by Crippen LogP contribution is 2.19. The Morgan fingerprint density at radius 1 is 1.50 bits per heavy atom. The number of hydrogen-bond acceptors (Lipinski definition) is 4. The maximum absolute atomic E-state index is 4.56. The topological polar surface area (TPSA) is 42.7 Å². The molecular formula is C13H20N4S. The van der Waals surface area contributed by atoms with Gasteiger partial charge in [0.25, 0.3) is 0 Å². The van der Waals surface area contributed by atoms with Gasteiger partial charge in [-0.15, -0.1) is 11.3 Å². The van der Waals surface area contributed by atoms with E-state index in [4.69, 9.17) is 0 Å². The van der Waals surface area contributed by atoms with Crippen molar-refractivity contribution in [1.29, 1.82) is 0 Å². The zero-order valence-corrected chi connectivity index (χ0v) is 12.0. The molecule has 0 radical (unpaired) electrons. The Balaban J connectivity index is 2.12. The monoisotopic (exact) mass is 264 g/mol. The van der Waals surface area contributed by atoms with Gasteiger partial charge in [0.05, 0.1) is 16.7 Å². The third-order valence-corrected chi connectivity index (χ3v) is 3.79. The van der Waals surface area contributed by atoms with Gasteiger partial charge >= 0.3 is 0 Å². The molecule has 1 unspecified atom stereocenters. The van der Waals surface area contributed by atoms with Crippen LogP contribution in [0.5, 0.6) is 0 Å². The number of nitrogens with one attached hydrogen (secondary N) is 1. The second-order valence-corrected chi connectivity index (χ2v) is 5.44. The van der Waals surface area contributed by atoms with Crippen molar-refractivity contribution >= 4 is 11.3 Å². The summed E-state index contributed by atoms with van der Waals surface area (Å²) in [7, 11) is 1.98. The molecular weight excluding hydrogens is 244 g/mol. The zero-order valence-electron chi connectivity index (χ0n) is 11.2. The van der Waals surface area contributed by atoms with Crippen molar-refractivity contribution in [2.75, 3.05) is 7.05 Å². The van der Waals surface area contributed by atoms with Crippen molar-refractivity contribution in [3.63, 3.8) is 0 Å². The average Bonchev–Trinajstić information content (AvgIpc) is 2.96. The van der Waals surface area contributed by atoms with Crippen molar-refractivity contribution in [2.45, 2.75) is 39.3 Å². The molecule has 0 saturated carbocycles. The number of thiazole rings is 1. The van der Waals surface area contributed by atoms with Gasteiger partial charge in [0.2, 0.25) is 0 Å². The van der Waals surface area contributed by atoms with E-state index in [0.29, 0.717) is 0 Å². The van der Waals surface area contributed by atoms with Crippen LogP contribution in [0.4, 0.5) is 0 Å². The Morgan fingerprint density at radius 2 is 2.33 bits per heavy atom. The third kappa shape index (κ3) is 2.97. The van der Waals surface area contributed by atoms with E-state index in [1.54, 1.807) is 11.3 Å². The Labute approximate surface area is 112 Å². The predicted octanol–water partition coefficient (Wildman–Crippen LogP) is 2.56. The smallest absolute Gasteiger partial charge is 0.110 e. The van der Waals surface area contributed by atoms with Gasteiger partial charge in [0.15, 0.2) is 0 Å². The molecule has 2 rings (SSSR count). The summed E-state index contributed by atoms with van der Waals surface area (Å²) in [4.78, 5) is 9.01. The van der Waals surface area contributed by atoms with E-state index in [1.807, 2.05) is 20.2 Å². The number of nitrogens with zero attached hydrogens (tertiary/aromatic N) is 3. The van der Waals surface area contributed by atoms with Gasteiger partial charge in [-0.3, -0.25) is 0 Å². The van der Waals surface area contributed by atoms with E-state index >= 15 is 0 Å². The third-order valence-electron chi connectivity index (χ3n) is 3.00. The molecule has 1 atom stereocenters. The minimum atomic E-state index is 0.243. The van der Waals surface area contributed by atoms with Crippen molar-refractivity contribution < 1.29 is 0 Å². The van der Waals surface area contributed by atoms with Gasteiger partial charge in [-0.1, -0.05) is 6.92 Å². The van der Waals surface area contributed by atoms with Gasteiger partial charge in [0.1, 0.15) is 5.82 Å². The quantitative estimate of drug-likeness (QED) is 0.872. The molecule has 18 heavy (non-hydrogen) atoms. The lowest BCUT2D eigenvalue weighted by atomic mass is 10.1. The highest BCUT2D eigenvalue weighted by Gasteiger charge is 2.15. The molecule has 0 saturated heterocycles. The number of rotatable bonds is 6. The van der Waals surface area contributed by atoms with Gasteiger partial charge < -0.3 is 9.88 Å². The van der Waals surface area contributed by atoms with Crippen LogP contribution in [-0.2, 0) is 13.0 Å². The molecule has 2 aromatic rings. The summed E-state index contributed by atoms with van der Waals surface area (Å²) in [6.45, 7) is 5.25. The predicted molar refractivity (Wildman–Crippen MR) is 74.9 cm³/mol. The second kappa shape index (κ2) is 6.11. The summed E-state index contributed by atoms with van der Waals surface area (Å²) >= 11 is 1.70. The van der Waals surface area contributed by atoms with Crippen LogP contribution in [0, 0.1) is 6.92 Å². The molecule has 0 aliphatic carbocycles. The van der Waals surface area contributed by atoms with Crippen molar-refractivity contribution in [2.24, 2.45) is 0 Å². The molecule has 0 spiro atoms. The van der Waals surface area contributed by atoms with E-state index in [1.165, 1.54) is 0 Å². The van der Waals surface area contributed by atoms with Crippen LogP contribution in [0.1, 0.15) is 35.9 Å². The zero-order chi connectivity index (χ0) is 13.0. The van der Waals surface area contributed by atoms with E-state index < -0.39 is 0 Å². The highest BCUT2D eigenvalue weighted by atomic mass is 32.1. The molecule has 2 heterocycles. The van der Waals surface area contributed by atoms with Crippen LogP contribution in [-0.4, -0.2) is 21.6 Å². The van der Waals surface area contributed by atoms with Crippen molar-refractivity contribution in [3.05, 3.63) is 34.3 Å². The first kappa shape index (κ1) is 13.2. The van der Waals surface area contributed by atoms with Crippen LogP contribution in [0.3, 0.4) is 0 Å². The van der Waals surface area contributed by atoms with Crippen LogP contribution < -0.4 is 5.32 Å². The molecule has 5 heteroatoms. The summed E-state index contributed by atoms with van der Waals surface area (Å²) in [5.41, 5.74) is 1.12. The summed E-state index contributed by atoms with van der Waals surface area (Å²) < 4.78 is 2.23. The lowest BCUT2D eigenvalue weighted by molar-refractivity contribution is 0.534. The van der Waals surface area contributed by atoms with Gasteiger partial charge in [0, 0.05) is 30.7 Å². The standard InChI is InChI=1S/C13H20N4S/c1-4-6-17-7-5-15-13(17)8-11(14-3)12-9-18-10(2)16-12/h5,7,9,11,14H,4,6,8H2,1-3H3. The number of aromatic nitrogens is 3. The lowest BCUT2D eigenvalue weighted by Crippen LogP contribution is -2.21. The molecule has 0 fully saturated rings. The fourth-order valence-corrected chi connectivity index (χ4v) is 2.72. The fraction of sp³-hybridized carbons (Fsp3) is 0.538. The molecule has 0 amide bonds. The number of hydrogen-bond donors (Lipinski definition) is 1. The minimum absolute atomic E-state index is 0.243. The largest absolute Gasteiger partial charge is 0.335 e. The Bertz CT molecular complexity index is 489. The Morgan fingerprint density at radius 3 is 2.94 bits per heavy atom. The van der Waals surface area contributed by atoms with Crippen LogP contribution >= 0.6 is 11.3 Å². The van der Waals surface area contributed by atoms with E-state index in [9.17, 15) is 0 Å². The second-order valence-electron chi connectivity index (χ2n) is 4.37.